The number of rotatable bonds is 3. The van der Waals surface area contributed by atoms with Crippen LogP contribution in [0.25, 0.3) is 11.2 Å². The highest BCUT2D eigenvalue weighted by atomic mass is 19.1. The van der Waals surface area contributed by atoms with Gasteiger partial charge in [0.2, 0.25) is 11.9 Å². The second kappa shape index (κ2) is 6.25. The summed E-state index contributed by atoms with van der Waals surface area (Å²) in [5, 5.41) is 2.93. The van der Waals surface area contributed by atoms with Gasteiger partial charge >= 0.3 is 0 Å². The van der Waals surface area contributed by atoms with E-state index in [1.165, 1.54) is 18.3 Å². The van der Waals surface area contributed by atoms with E-state index in [0.29, 0.717) is 30.3 Å². The van der Waals surface area contributed by atoms with Crippen molar-refractivity contribution in [2.75, 3.05) is 24.3 Å². The molecule has 0 unspecified atom stereocenters. The van der Waals surface area contributed by atoms with Gasteiger partial charge < -0.3 is 15.8 Å². The summed E-state index contributed by atoms with van der Waals surface area (Å²) in [6.07, 6.45) is 3.07. The third-order valence-electron chi connectivity index (χ3n) is 4.18. The predicted octanol–water partition coefficient (Wildman–Crippen LogP) is 2.78. The lowest BCUT2D eigenvalue weighted by Crippen LogP contribution is -2.21. The highest BCUT2D eigenvalue weighted by Crippen LogP contribution is 2.31. The molecule has 0 saturated carbocycles. The number of nitrogen functional groups attached to an aromatic ring is 1. The summed E-state index contributed by atoms with van der Waals surface area (Å²) in [6, 6.07) is 3.42. The Balaban J connectivity index is 1.81. The molecule has 1 aliphatic rings. The molecule has 0 spiro atoms. The monoisotopic (exact) mass is 346 g/mol. The lowest BCUT2D eigenvalue weighted by molar-refractivity contribution is 0.0710. The largest absolute Gasteiger partial charge is 0.381 e. The third kappa shape index (κ3) is 2.98. The lowest BCUT2D eigenvalue weighted by atomic mass is 10.1. The van der Waals surface area contributed by atoms with E-state index >= 15 is 0 Å². The van der Waals surface area contributed by atoms with Gasteiger partial charge in [0, 0.05) is 25.3 Å². The molecule has 4 rings (SSSR count). The molecule has 0 atom stereocenters. The fraction of sp³-hybridized carbons (Fsp3) is 0.312. The Morgan fingerprint density at radius 2 is 2.00 bits per heavy atom. The molecular weight excluding hydrogens is 330 g/mol. The average Bonchev–Trinajstić information content (AvgIpc) is 2.95. The van der Waals surface area contributed by atoms with Gasteiger partial charge in [-0.05, 0) is 25.0 Å². The number of imidazole rings is 1. The highest BCUT2D eigenvalue weighted by Gasteiger charge is 2.23. The van der Waals surface area contributed by atoms with Crippen LogP contribution in [0.5, 0.6) is 0 Å². The first-order valence-corrected chi connectivity index (χ1v) is 7.92. The summed E-state index contributed by atoms with van der Waals surface area (Å²) in [4.78, 5) is 12.7. The maximum Gasteiger partial charge on any atom is 0.222 e. The normalized spacial score (nSPS) is 15.6. The molecule has 25 heavy (non-hydrogen) atoms. The summed E-state index contributed by atoms with van der Waals surface area (Å²) < 4.78 is 34.5. The van der Waals surface area contributed by atoms with Crippen LogP contribution in [-0.4, -0.2) is 32.7 Å². The molecule has 7 nitrogen and oxygen atoms in total. The first kappa shape index (κ1) is 15.7. The smallest absolute Gasteiger partial charge is 0.222 e. The Morgan fingerprint density at radius 1 is 1.20 bits per heavy atom. The molecule has 1 saturated heterocycles. The number of aromatic nitrogens is 4. The van der Waals surface area contributed by atoms with E-state index in [4.69, 9.17) is 10.5 Å². The van der Waals surface area contributed by atoms with Gasteiger partial charge in [-0.25, -0.2) is 18.7 Å². The maximum atomic E-state index is 14.0. The summed E-state index contributed by atoms with van der Waals surface area (Å²) in [6.45, 7) is 1.24. The minimum Gasteiger partial charge on any atom is -0.381 e. The fourth-order valence-electron chi connectivity index (χ4n) is 2.99. The molecule has 0 aliphatic carbocycles. The molecule has 3 aromatic rings. The standard InChI is InChI=1S/C16H16F2N6O/c17-9-1-2-12(11(18)7-9)21-16-22-13-8-20-15(19)23-14(13)24(16)10-3-5-25-6-4-10/h1-2,7-8,10H,3-6H2,(H,21,22)(H2,19,20,23). The van der Waals surface area contributed by atoms with Gasteiger partial charge in [-0.15, -0.1) is 0 Å². The van der Waals surface area contributed by atoms with E-state index < -0.39 is 11.6 Å². The number of hydrogen-bond donors (Lipinski definition) is 2. The van der Waals surface area contributed by atoms with Crippen LogP contribution in [0.15, 0.2) is 24.4 Å². The Bertz CT molecular complexity index is 922. The number of nitrogens with one attached hydrogen (secondary N) is 1. The van der Waals surface area contributed by atoms with Gasteiger partial charge in [-0.1, -0.05) is 0 Å². The van der Waals surface area contributed by atoms with Gasteiger partial charge in [-0.3, -0.25) is 4.57 Å². The van der Waals surface area contributed by atoms with Crippen LogP contribution in [0.3, 0.4) is 0 Å². The van der Waals surface area contributed by atoms with Crippen LogP contribution in [0, 0.1) is 11.6 Å². The average molecular weight is 346 g/mol. The van der Waals surface area contributed by atoms with Crippen LogP contribution in [-0.2, 0) is 4.74 Å². The summed E-state index contributed by atoms with van der Waals surface area (Å²) in [5.74, 6) is -0.789. The molecule has 130 valence electrons. The number of hydrogen-bond acceptors (Lipinski definition) is 6. The van der Waals surface area contributed by atoms with E-state index in [0.717, 1.165) is 18.9 Å². The molecule has 3 heterocycles. The van der Waals surface area contributed by atoms with Gasteiger partial charge in [0.15, 0.2) is 5.65 Å². The Hall–Kier alpha value is -2.81. The fourth-order valence-corrected chi connectivity index (χ4v) is 2.99. The van der Waals surface area contributed by atoms with Crippen molar-refractivity contribution in [2.24, 2.45) is 0 Å². The van der Waals surface area contributed by atoms with Crippen molar-refractivity contribution in [1.82, 2.24) is 19.5 Å². The van der Waals surface area contributed by atoms with Crippen molar-refractivity contribution in [2.45, 2.75) is 18.9 Å². The molecule has 1 fully saturated rings. The van der Waals surface area contributed by atoms with E-state index in [9.17, 15) is 8.78 Å². The van der Waals surface area contributed by atoms with Crippen molar-refractivity contribution >= 4 is 28.7 Å². The zero-order valence-electron chi connectivity index (χ0n) is 13.2. The Labute approximate surface area is 141 Å². The summed E-state index contributed by atoms with van der Waals surface area (Å²) in [7, 11) is 0. The third-order valence-corrected chi connectivity index (χ3v) is 4.18. The highest BCUT2D eigenvalue weighted by molar-refractivity contribution is 5.76. The number of ether oxygens (including phenoxy) is 1. The second-order valence-corrected chi connectivity index (χ2v) is 5.84. The molecule has 9 heteroatoms. The number of halogens is 2. The number of benzene rings is 1. The van der Waals surface area contributed by atoms with E-state index in [-0.39, 0.29) is 17.7 Å². The van der Waals surface area contributed by atoms with Gasteiger partial charge in [0.1, 0.15) is 17.2 Å². The first-order valence-electron chi connectivity index (χ1n) is 7.92. The molecule has 0 radical (unpaired) electrons. The Morgan fingerprint density at radius 3 is 2.76 bits per heavy atom. The molecule has 2 aromatic heterocycles. The zero-order chi connectivity index (χ0) is 17.4. The van der Waals surface area contributed by atoms with Crippen molar-refractivity contribution in [3.05, 3.63) is 36.0 Å². The Kier molecular flexibility index (Phi) is 3.92. The number of fused-ring (bicyclic) bond motifs is 1. The minimum atomic E-state index is -0.698. The molecule has 0 bridgehead atoms. The van der Waals surface area contributed by atoms with Crippen LogP contribution in [0.1, 0.15) is 18.9 Å². The number of anilines is 3. The molecule has 1 aromatic carbocycles. The van der Waals surface area contributed by atoms with Crippen LogP contribution >= 0.6 is 0 Å². The molecular formula is C16H16F2N6O. The number of nitrogens with zero attached hydrogens (tertiary/aromatic N) is 4. The van der Waals surface area contributed by atoms with Gasteiger partial charge in [-0.2, -0.15) is 4.98 Å². The minimum absolute atomic E-state index is 0.0825. The van der Waals surface area contributed by atoms with Crippen LogP contribution in [0.4, 0.5) is 26.4 Å². The SMILES string of the molecule is Nc1ncc2nc(Nc3ccc(F)cc3F)n(C3CCOCC3)c2n1. The summed E-state index contributed by atoms with van der Waals surface area (Å²) in [5.41, 5.74) is 6.97. The second-order valence-electron chi connectivity index (χ2n) is 5.84. The van der Waals surface area contributed by atoms with Crippen LogP contribution in [0.2, 0.25) is 0 Å². The maximum absolute atomic E-state index is 14.0. The first-order chi connectivity index (χ1) is 12.1. The van der Waals surface area contributed by atoms with Gasteiger partial charge in [0.05, 0.1) is 11.9 Å². The van der Waals surface area contributed by atoms with Crippen molar-refractivity contribution in [1.29, 1.82) is 0 Å². The zero-order valence-corrected chi connectivity index (χ0v) is 13.2. The summed E-state index contributed by atoms with van der Waals surface area (Å²) >= 11 is 0. The number of nitrogens with two attached hydrogens (primary N) is 1. The topological polar surface area (TPSA) is 90.9 Å². The van der Waals surface area contributed by atoms with E-state index in [2.05, 4.69) is 20.3 Å². The quantitative estimate of drug-likeness (QED) is 0.758. The van der Waals surface area contributed by atoms with E-state index in [1.807, 2.05) is 4.57 Å². The van der Waals surface area contributed by atoms with Gasteiger partial charge in [0.25, 0.3) is 0 Å². The van der Waals surface area contributed by atoms with E-state index in [1.54, 1.807) is 0 Å². The van der Waals surface area contributed by atoms with Crippen molar-refractivity contribution in [3.8, 4) is 0 Å². The van der Waals surface area contributed by atoms with Crippen molar-refractivity contribution in [3.63, 3.8) is 0 Å². The van der Waals surface area contributed by atoms with Crippen molar-refractivity contribution < 1.29 is 13.5 Å². The molecule has 1 aliphatic heterocycles. The lowest BCUT2D eigenvalue weighted by Gasteiger charge is -2.25. The predicted molar refractivity (Wildman–Crippen MR) is 88.5 cm³/mol. The molecule has 3 N–H and O–H groups in total. The van der Waals surface area contributed by atoms with Crippen LogP contribution < -0.4 is 11.1 Å². The molecule has 0 amide bonds.